The highest BCUT2D eigenvalue weighted by molar-refractivity contribution is 6.10. The molecular formula is C47H41FN4. The zero-order chi connectivity index (χ0) is 36.2. The fourth-order valence-electron chi connectivity index (χ4n) is 6.87. The van der Waals surface area contributed by atoms with Gasteiger partial charge in [-0.25, -0.2) is 19.3 Å². The fraction of sp³-hybridized carbons (Fsp3) is 0.170. The smallest absolute Gasteiger partial charge is 0.166 e. The van der Waals surface area contributed by atoms with Crippen LogP contribution in [0, 0.1) is 5.82 Å². The van der Waals surface area contributed by atoms with Gasteiger partial charge in [-0.05, 0) is 81.6 Å². The van der Waals surface area contributed by atoms with Crippen LogP contribution in [-0.2, 0) is 10.8 Å². The topological polar surface area (TPSA) is 43.6 Å². The Labute approximate surface area is 304 Å². The average Bonchev–Trinajstić information content (AvgIpc) is 3.48. The third kappa shape index (κ3) is 6.17. The van der Waals surface area contributed by atoms with E-state index in [4.69, 9.17) is 15.0 Å². The first-order chi connectivity index (χ1) is 24.9. The molecule has 0 aliphatic carbocycles. The predicted molar refractivity (Wildman–Crippen MR) is 213 cm³/mol. The molecule has 5 heteroatoms. The number of hydrogen-bond donors (Lipinski definition) is 0. The largest absolute Gasteiger partial charge is 0.308 e. The van der Waals surface area contributed by atoms with Crippen molar-refractivity contribution in [2.75, 3.05) is 0 Å². The van der Waals surface area contributed by atoms with Crippen LogP contribution >= 0.6 is 0 Å². The third-order valence-electron chi connectivity index (χ3n) is 9.85. The molecule has 256 valence electrons. The summed E-state index contributed by atoms with van der Waals surface area (Å²) in [4.78, 5) is 15.3. The maximum Gasteiger partial charge on any atom is 0.166 e. The van der Waals surface area contributed by atoms with Gasteiger partial charge in [0.2, 0.25) is 0 Å². The molecule has 0 saturated carbocycles. The third-order valence-corrected chi connectivity index (χ3v) is 9.85. The van der Waals surface area contributed by atoms with Crippen molar-refractivity contribution in [3.63, 3.8) is 0 Å². The molecule has 0 atom stereocenters. The van der Waals surface area contributed by atoms with Gasteiger partial charge in [-0.15, -0.1) is 0 Å². The van der Waals surface area contributed by atoms with Crippen molar-refractivity contribution in [2.45, 2.75) is 52.4 Å². The Bertz CT molecular complexity index is 2440. The second kappa shape index (κ2) is 12.7. The number of nitrogens with zero attached hydrogens (tertiary/aromatic N) is 4. The van der Waals surface area contributed by atoms with Crippen LogP contribution in [0.3, 0.4) is 0 Å². The van der Waals surface area contributed by atoms with Crippen molar-refractivity contribution in [1.29, 1.82) is 0 Å². The van der Waals surface area contributed by atoms with Gasteiger partial charge in [-0.3, -0.25) is 0 Å². The van der Waals surface area contributed by atoms with Gasteiger partial charge in [-0.2, -0.15) is 0 Å². The summed E-state index contributed by atoms with van der Waals surface area (Å²) in [7, 11) is 0. The van der Waals surface area contributed by atoms with E-state index in [0.717, 1.165) is 44.5 Å². The molecule has 0 spiro atoms. The lowest BCUT2D eigenvalue weighted by Crippen LogP contribution is -2.10. The summed E-state index contributed by atoms with van der Waals surface area (Å²) in [6.45, 7) is 13.5. The highest BCUT2D eigenvalue weighted by Gasteiger charge is 2.24. The summed E-state index contributed by atoms with van der Waals surface area (Å²) in [5, 5.41) is 2.38. The summed E-state index contributed by atoms with van der Waals surface area (Å²) >= 11 is 0. The van der Waals surface area contributed by atoms with Gasteiger partial charge in [0.15, 0.2) is 17.5 Å². The molecule has 0 aliphatic rings. The van der Waals surface area contributed by atoms with E-state index in [2.05, 4.69) is 101 Å². The number of halogens is 1. The minimum atomic E-state index is -0.264. The highest BCUT2D eigenvalue weighted by atomic mass is 19.1. The van der Waals surface area contributed by atoms with E-state index in [-0.39, 0.29) is 16.6 Å². The van der Waals surface area contributed by atoms with E-state index in [1.54, 1.807) is 0 Å². The van der Waals surface area contributed by atoms with E-state index in [1.165, 1.54) is 34.0 Å². The van der Waals surface area contributed by atoms with Crippen molar-refractivity contribution < 1.29 is 4.39 Å². The predicted octanol–water partition coefficient (Wildman–Crippen LogP) is 12.4. The molecule has 2 aromatic heterocycles. The normalized spacial score (nSPS) is 12.1. The van der Waals surface area contributed by atoms with Crippen LogP contribution in [0.4, 0.5) is 4.39 Å². The molecule has 4 nitrogen and oxygen atoms in total. The van der Waals surface area contributed by atoms with Crippen molar-refractivity contribution in [1.82, 2.24) is 19.5 Å². The van der Waals surface area contributed by atoms with Crippen molar-refractivity contribution in [2.24, 2.45) is 0 Å². The molecule has 0 bridgehead atoms. The van der Waals surface area contributed by atoms with E-state index >= 15 is 0 Å². The second-order valence-electron chi connectivity index (χ2n) is 15.6. The molecule has 0 N–H and O–H groups in total. The Morgan fingerprint density at radius 3 is 1.38 bits per heavy atom. The first-order valence-corrected chi connectivity index (χ1v) is 17.8. The molecule has 0 fully saturated rings. The van der Waals surface area contributed by atoms with Crippen LogP contribution in [0.1, 0.15) is 52.7 Å². The van der Waals surface area contributed by atoms with Crippen LogP contribution in [0.5, 0.6) is 0 Å². The molecule has 2 heterocycles. The number of fused-ring (bicyclic) bond motifs is 3. The van der Waals surface area contributed by atoms with Crippen LogP contribution < -0.4 is 0 Å². The standard InChI is InChI=1S/C47H41FN4/c1-46(2,3)34-20-25-40-38(28-34)39-29-35(47(4,5)6)21-26-41(39)52(40)42-27-33(30-17-22-36(48)23-18-30)19-24-37(42)45-50-43(31-13-9-7-10-14-31)49-44(51-45)32-15-11-8-12-16-32/h7-29H,1-6H3. The van der Waals surface area contributed by atoms with Gasteiger partial charge in [-0.1, -0.05) is 133 Å². The lowest BCUT2D eigenvalue weighted by atomic mass is 9.85. The molecule has 0 saturated heterocycles. The average molecular weight is 681 g/mol. The lowest BCUT2D eigenvalue weighted by Gasteiger charge is -2.19. The Morgan fingerprint density at radius 1 is 0.442 bits per heavy atom. The SMILES string of the molecule is CC(C)(C)c1ccc2c(c1)c1cc(C(C)(C)C)ccc1n2-c1cc(-c2ccc(F)cc2)ccc1-c1nc(-c2ccccc2)nc(-c2ccccc2)n1. The molecule has 6 aromatic carbocycles. The zero-order valence-corrected chi connectivity index (χ0v) is 30.4. The van der Waals surface area contributed by atoms with Gasteiger partial charge in [0.25, 0.3) is 0 Å². The summed E-state index contributed by atoms with van der Waals surface area (Å²) in [5.74, 6) is 1.51. The monoisotopic (exact) mass is 680 g/mol. The van der Waals surface area contributed by atoms with Crippen LogP contribution in [0.25, 0.3) is 72.8 Å². The number of rotatable bonds is 5. The molecule has 0 aliphatic heterocycles. The van der Waals surface area contributed by atoms with E-state index in [1.807, 2.05) is 72.8 Å². The zero-order valence-electron chi connectivity index (χ0n) is 30.4. The van der Waals surface area contributed by atoms with E-state index in [0.29, 0.717) is 17.5 Å². The summed E-state index contributed by atoms with van der Waals surface area (Å²) in [6, 6.07) is 46.8. The fourth-order valence-corrected chi connectivity index (χ4v) is 6.87. The van der Waals surface area contributed by atoms with Crippen molar-refractivity contribution >= 4 is 21.8 Å². The van der Waals surface area contributed by atoms with Gasteiger partial charge < -0.3 is 4.57 Å². The van der Waals surface area contributed by atoms with Gasteiger partial charge in [0, 0.05) is 27.5 Å². The number of hydrogen-bond acceptors (Lipinski definition) is 3. The van der Waals surface area contributed by atoms with Crippen LogP contribution in [0.15, 0.2) is 140 Å². The Hall–Kier alpha value is -5.94. The molecule has 52 heavy (non-hydrogen) atoms. The Morgan fingerprint density at radius 2 is 0.904 bits per heavy atom. The van der Waals surface area contributed by atoms with Crippen molar-refractivity contribution in [3.05, 3.63) is 156 Å². The first kappa shape index (κ1) is 33.2. The molecule has 0 amide bonds. The minimum absolute atomic E-state index is 0.0233. The van der Waals surface area contributed by atoms with Crippen LogP contribution in [-0.4, -0.2) is 19.5 Å². The Balaban J connectivity index is 1.47. The van der Waals surface area contributed by atoms with E-state index < -0.39 is 0 Å². The molecular weight excluding hydrogens is 640 g/mol. The molecule has 0 unspecified atom stereocenters. The number of benzene rings is 6. The quantitative estimate of drug-likeness (QED) is 0.182. The number of aromatic nitrogens is 4. The van der Waals surface area contributed by atoms with E-state index in [9.17, 15) is 4.39 Å². The van der Waals surface area contributed by atoms with Gasteiger partial charge >= 0.3 is 0 Å². The van der Waals surface area contributed by atoms with Gasteiger partial charge in [0.1, 0.15) is 5.82 Å². The lowest BCUT2D eigenvalue weighted by molar-refractivity contribution is 0.590. The highest BCUT2D eigenvalue weighted by Crippen LogP contribution is 2.41. The minimum Gasteiger partial charge on any atom is -0.308 e. The summed E-state index contributed by atoms with van der Waals surface area (Å²) in [6.07, 6.45) is 0. The maximum atomic E-state index is 14.1. The second-order valence-corrected chi connectivity index (χ2v) is 15.6. The molecule has 8 aromatic rings. The first-order valence-electron chi connectivity index (χ1n) is 17.8. The van der Waals surface area contributed by atoms with Crippen molar-refractivity contribution in [3.8, 4) is 51.0 Å². The molecule has 0 radical (unpaired) electrons. The Kier molecular flexibility index (Phi) is 8.10. The summed E-state index contributed by atoms with van der Waals surface area (Å²) < 4.78 is 16.4. The summed E-state index contributed by atoms with van der Waals surface area (Å²) in [5.41, 5.74) is 10.2. The van der Waals surface area contributed by atoms with Gasteiger partial charge in [0.05, 0.1) is 16.7 Å². The maximum absolute atomic E-state index is 14.1. The van der Waals surface area contributed by atoms with Crippen LogP contribution in [0.2, 0.25) is 0 Å². The molecule has 8 rings (SSSR count).